The number of hydrogen-bond donors (Lipinski definition) is 0. The zero-order chi connectivity index (χ0) is 17.8. The first-order valence-corrected chi connectivity index (χ1v) is 7.69. The van der Waals surface area contributed by atoms with Crippen LogP contribution in [0.4, 0.5) is 5.69 Å². The molecule has 6 nitrogen and oxygen atoms in total. The maximum atomic E-state index is 11.0. The molecule has 0 aromatic heterocycles. The van der Waals surface area contributed by atoms with Crippen LogP contribution in [0.1, 0.15) is 27.8 Å². The monoisotopic (exact) mass is 337 g/mol. The van der Waals surface area contributed by atoms with Crippen LogP contribution in [0.5, 0.6) is 0 Å². The van der Waals surface area contributed by atoms with Gasteiger partial charge in [0.05, 0.1) is 35.3 Å². The normalized spacial score (nSPS) is 12.3. The molecule has 126 valence electrons. The topological polar surface area (TPSA) is 74.0 Å². The number of hydrogen-bond acceptors (Lipinski definition) is 5. The van der Waals surface area contributed by atoms with Gasteiger partial charge < -0.3 is 9.47 Å². The summed E-state index contributed by atoms with van der Waals surface area (Å²) in [6.45, 7) is 0.957. The predicted molar refractivity (Wildman–Crippen MR) is 95.4 cm³/mol. The van der Waals surface area contributed by atoms with Gasteiger partial charge in [0.2, 0.25) is 0 Å². The Morgan fingerprint density at radius 3 is 2.52 bits per heavy atom. The van der Waals surface area contributed by atoms with Crippen molar-refractivity contribution in [1.29, 1.82) is 0 Å². The second-order valence-electron chi connectivity index (χ2n) is 5.63. The highest BCUT2D eigenvalue weighted by molar-refractivity contribution is 5.99. The van der Waals surface area contributed by atoms with Crippen molar-refractivity contribution in [3.8, 4) is 0 Å². The van der Waals surface area contributed by atoms with Crippen molar-refractivity contribution < 1.29 is 14.4 Å². The highest BCUT2D eigenvalue weighted by atomic mass is 16.6. The summed E-state index contributed by atoms with van der Waals surface area (Å²) in [6, 6.07) is 10.4. The summed E-state index contributed by atoms with van der Waals surface area (Å²) < 4.78 is 10.5. The van der Waals surface area contributed by atoms with Gasteiger partial charge in [-0.1, -0.05) is 11.1 Å². The zero-order valence-corrected chi connectivity index (χ0v) is 14.0. The number of non-ortho nitro benzene ring substituents is 1. The molecule has 0 saturated heterocycles. The average Bonchev–Trinajstić information content (AvgIpc) is 2.62. The maximum Gasteiger partial charge on any atom is 0.270 e. The van der Waals surface area contributed by atoms with Gasteiger partial charge in [-0.05, 0) is 12.1 Å². The molecule has 0 unspecified atom stereocenters. The SMILES string of the molecule is COCc1cc2c(cc1COC)C=C(c1cccc([N+](=O)[O-])c1)N=[C+]2. The fourth-order valence-electron chi connectivity index (χ4n) is 2.73. The quantitative estimate of drug-likeness (QED) is 0.458. The van der Waals surface area contributed by atoms with Crippen molar-refractivity contribution in [2.45, 2.75) is 13.2 Å². The number of aliphatic imine (C=N–C) groups is 1. The summed E-state index contributed by atoms with van der Waals surface area (Å²) in [4.78, 5) is 14.9. The number of ether oxygens (including phenoxy) is 2. The van der Waals surface area contributed by atoms with Crippen LogP contribution in [-0.4, -0.2) is 25.4 Å². The van der Waals surface area contributed by atoms with Crippen molar-refractivity contribution in [1.82, 2.24) is 0 Å². The minimum Gasteiger partial charge on any atom is -0.380 e. The molecule has 1 heterocycles. The molecule has 0 spiro atoms. The van der Waals surface area contributed by atoms with Gasteiger partial charge in [0, 0.05) is 43.5 Å². The number of methoxy groups -OCH3 is 2. The molecule has 0 atom stereocenters. The minimum atomic E-state index is -0.415. The van der Waals surface area contributed by atoms with Crippen LogP contribution in [0.3, 0.4) is 0 Å². The van der Waals surface area contributed by atoms with Crippen LogP contribution < -0.4 is 0 Å². The lowest BCUT2D eigenvalue weighted by Crippen LogP contribution is -2.03. The highest BCUT2D eigenvalue weighted by Crippen LogP contribution is 2.29. The van der Waals surface area contributed by atoms with E-state index in [1.807, 2.05) is 18.2 Å². The third kappa shape index (κ3) is 3.61. The molecule has 0 fully saturated rings. The second kappa shape index (κ2) is 7.32. The van der Waals surface area contributed by atoms with Gasteiger partial charge in [-0.25, -0.2) is 0 Å². The molecule has 6 heteroatoms. The molecule has 0 amide bonds. The minimum absolute atomic E-state index is 0.0370. The Morgan fingerprint density at radius 1 is 1.12 bits per heavy atom. The number of benzene rings is 2. The Bertz CT molecular complexity index is 872. The molecule has 1 aliphatic heterocycles. The third-order valence-electron chi connectivity index (χ3n) is 3.91. The average molecular weight is 337 g/mol. The van der Waals surface area contributed by atoms with E-state index in [-0.39, 0.29) is 5.69 Å². The van der Waals surface area contributed by atoms with E-state index in [0.717, 1.165) is 22.3 Å². The molecule has 0 saturated carbocycles. The third-order valence-corrected chi connectivity index (χ3v) is 3.91. The molecule has 2 aromatic carbocycles. The Hall–Kier alpha value is -2.92. The number of fused-ring (bicyclic) bond motifs is 1. The number of nitro groups is 1. The van der Waals surface area contributed by atoms with E-state index in [2.05, 4.69) is 11.2 Å². The first-order valence-electron chi connectivity index (χ1n) is 7.69. The molecule has 0 bridgehead atoms. The molecule has 25 heavy (non-hydrogen) atoms. The van der Waals surface area contributed by atoms with Gasteiger partial charge in [-0.2, -0.15) is 0 Å². The Labute approximate surface area is 145 Å². The van der Waals surface area contributed by atoms with Gasteiger partial charge in [0.15, 0.2) is 11.3 Å². The summed E-state index contributed by atoms with van der Waals surface area (Å²) in [5.41, 5.74) is 5.22. The summed E-state index contributed by atoms with van der Waals surface area (Å²) in [5.74, 6) is 0. The maximum absolute atomic E-state index is 11.0. The van der Waals surface area contributed by atoms with Crippen LogP contribution in [0.2, 0.25) is 0 Å². The van der Waals surface area contributed by atoms with Crippen molar-refractivity contribution in [2.75, 3.05) is 14.2 Å². The first kappa shape index (κ1) is 16.9. The van der Waals surface area contributed by atoms with E-state index in [9.17, 15) is 10.1 Å². The molecular formula is C19H17N2O4+. The fourth-order valence-corrected chi connectivity index (χ4v) is 2.73. The van der Waals surface area contributed by atoms with E-state index >= 15 is 0 Å². The van der Waals surface area contributed by atoms with E-state index in [1.54, 1.807) is 26.4 Å². The van der Waals surface area contributed by atoms with Crippen molar-refractivity contribution in [3.05, 3.63) is 74.3 Å². The van der Waals surface area contributed by atoms with Crippen LogP contribution in [-0.2, 0) is 22.7 Å². The van der Waals surface area contributed by atoms with E-state index in [1.165, 1.54) is 12.1 Å². The fraction of sp³-hybridized carbons (Fsp3) is 0.211. The summed E-state index contributed by atoms with van der Waals surface area (Å²) in [7, 11) is 3.29. The zero-order valence-electron chi connectivity index (χ0n) is 14.0. The number of nitrogens with zero attached hydrogens (tertiary/aromatic N) is 2. The standard InChI is InChI=1S/C19H17N2O4/c1-24-11-16-6-14-9-19(13-4-3-5-18(8-13)21(22)23)20-10-15(14)7-17(16)12-25-2/h3-9H,11-12H2,1-2H3/q+1. The molecule has 0 N–H and O–H groups in total. The predicted octanol–water partition coefficient (Wildman–Crippen LogP) is 3.70. The van der Waals surface area contributed by atoms with Gasteiger partial charge in [0.25, 0.3) is 5.69 Å². The molecule has 0 radical (unpaired) electrons. The first-order chi connectivity index (χ1) is 12.1. The number of rotatable bonds is 6. The molecule has 1 aliphatic rings. The van der Waals surface area contributed by atoms with Crippen molar-refractivity contribution in [2.24, 2.45) is 4.99 Å². The summed E-state index contributed by atoms with van der Waals surface area (Å²) in [5, 5.41) is 11.0. The largest absolute Gasteiger partial charge is 0.380 e. The van der Waals surface area contributed by atoms with Crippen LogP contribution in [0.25, 0.3) is 11.8 Å². The lowest BCUT2D eigenvalue weighted by molar-refractivity contribution is -0.384. The van der Waals surface area contributed by atoms with E-state index in [0.29, 0.717) is 24.5 Å². The van der Waals surface area contributed by atoms with Crippen LogP contribution >= 0.6 is 0 Å². The van der Waals surface area contributed by atoms with E-state index < -0.39 is 4.92 Å². The Kier molecular flexibility index (Phi) is 4.95. The van der Waals surface area contributed by atoms with Crippen LogP contribution in [0, 0.1) is 10.1 Å². The van der Waals surface area contributed by atoms with Gasteiger partial charge in [-0.3, -0.25) is 10.1 Å². The van der Waals surface area contributed by atoms with Crippen LogP contribution in [0.15, 0.2) is 41.4 Å². The molecule has 3 rings (SSSR count). The molecule has 0 aliphatic carbocycles. The highest BCUT2D eigenvalue weighted by Gasteiger charge is 2.21. The van der Waals surface area contributed by atoms with Crippen molar-refractivity contribution >= 4 is 23.7 Å². The van der Waals surface area contributed by atoms with E-state index in [4.69, 9.17) is 9.47 Å². The molecular weight excluding hydrogens is 320 g/mol. The van der Waals surface area contributed by atoms with Crippen molar-refractivity contribution in [3.63, 3.8) is 0 Å². The number of nitro benzene ring substituents is 1. The summed E-state index contributed by atoms with van der Waals surface area (Å²) >= 11 is 0. The molecule has 2 aromatic rings. The Morgan fingerprint density at radius 2 is 1.84 bits per heavy atom. The van der Waals surface area contributed by atoms with Gasteiger partial charge >= 0.3 is 0 Å². The summed E-state index contributed by atoms with van der Waals surface area (Å²) in [6.07, 6.45) is 4.92. The Balaban J connectivity index is 2.02. The lowest BCUT2D eigenvalue weighted by Gasteiger charge is -2.09. The van der Waals surface area contributed by atoms with Gasteiger partial charge in [0.1, 0.15) is 6.21 Å². The lowest BCUT2D eigenvalue weighted by atomic mass is 9.96. The second-order valence-corrected chi connectivity index (χ2v) is 5.63. The smallest absolute Gasteiger partial charge is 0.270 e. The van der Waals surface area contributed by atoms with Gasteiger partial charge in [-0.15, -0.1) is 0 Å².